The number of amides is 3. The topological polar surface area (TPSA) is 73.4 Å². The van der Waals surface area contributed by atoms with E-state index in [1.54, 1.807) is 4.90 Å². The van der Waals surface area contributed by atoms with E-state index >= 15 is 0 Å². The molecule has 0 saturated carbocycles. The fourth-order valence-corrected chi connectivity index (χ4v) is 4.57. The van der Waals surface area contributed by atoms with Gasteiger partial charge in [-0.15, -0.1) is 5.06 Å². The fourth-order valence-electron chi connectivity index (χ4n) is 4.22. The number of piperidine rings is 1. The molecule has 8 nitrogen and oxygen atoms in total. The average molecular weight is 479 g/mol. The standard InChI is InChI=1S/C21H27BrN4O4/c22-17-5-4-16(18(14-17)24-8-2-1-3-9-24)15-23-10-12-25(13-11-23)21(29)30-26-19(27)6-7-20(26)28/h4-5,14H,1-3,6-13,15H2. The number of benzene rings is 1. The predicted molar refractivity (Wildman–Crippen MR) is 115 cm³/mol. The summed E-state index contributed by atoms with van der Waals surface area (Å²) in [5.41, 5.74) is 2.58. The minimum absolute atomic E-state index is 0.104. The molecule has 9 heteroatoms. The predicted octanol–water partition coefficient (Wildman–Crippen LogP) is 2.76. The van der Waals surface area contributed by atoms with Crippen molar-refractivity contribution in [2.45, 2.75) is 38.6 Å². The van der Waals surface area contributed by atoms with Crippen LogP contribution in [0.25, 0.3) is 0 Å². The third kappa shape index (κ3) is 4.78. The SMILES string of the molecule is O=C(ON1C(=O)CCC1=O)N1CCN(Cc2ccc(Br)cc2N2CCCCC2)CC1. The van der Waals surface area contributed by atoms with Crippen molar-refractivity contribution in [2.75, 3.05) is 44.2 Å². The van der Waals surface area contributed by atoms with E-state index in [-0.39, 0.29) is 12.8 Å². The molecular formula is C21H27BrN4O4. The van der Waals surface area contributed by atoms with E-state index in [0.29, 0.717) is 31.2 Å². The molecule has 1 aromatic carbocycles. The number of rotatable bonds is 4. The lowest BCUT2D eigenvalue weighted by molar-refractivity contribution is -0.174. The lowest BCUT2D eigenvalue weighted by atomic mass is 10.1. The van der Waals surface area contributed by atoms with Crippen molar-refractivity contribution in [1.82, 2.24) is 14.9 Å². The molecule has 0 atom stereocenters. The minimum atomic E-state index is -0.629. The van der Waals surface area contributed by atoms with Crippen LogP contribution in [0.3, 0.4) is 0 Å². The summed E-state index contributed by atoms with van der Waals surface area (Å²) in [7, 11) is 0. The second-order valence-corrected chi connectivity index (χ2v) is 8.94. The lowest BCUT2D eigenvalue weighted by Gasteiger charge is -2.36. The number of hydrogen-bond donors (Lipinski definition) is 0. The largest absolute Gasteiger partial charge is 0.434 e. The summed E-state index contributed by atoms with van der Waals surface area (Å²) in [6.45, 7) is 5.45. The van der Waals surface area contributed by atoms with Crippen LogP contribution >= 0.6 is 15.9 Å². The Bertz CT molecular complexity index is 803. The molecule has 3 amide bonds. The molecule has 3 saturated heterocycles. The molecule has 0 N–H and O–H groups in total. The van der Waals surface area contributed by atoms with Gasteiger partial charge in [-0.1, -0.05) is 22.0 Å². The molecule has 4 rings (SSSR count). The zero-order valence-electron chi connectivity index (χ0n) is 17.0. The zero-order chi connectivity index (χ0) is 21.1. The van der Waals surface area contributed by atoms with E-state index in [1.807, 2.05) is 0 Å². The molecule has 30 heavy (non-hydrogen) atoms. The quantitative estimate of drug-likeness (QED) is 0.619. The van der Waals surface area contributed by atoms with E-state index in [9.17, 15) is 14.4 Å². The third-order valence-electron chi connectivity index (χ3n) is 5.94. The van der Waals surface area contributed by atoms with Crippen molar-refractivity contribution in [1.29, 1.82) is 0 Å². The lowest BCUT2D eigenvalue weighted by Crippen LogP contribution is -2.50. The van der Waals surface area contributed by atoms with Gasteiger partial charge in [0.15, 0.2) is 0 Å². The monoisotopic (exact) mass is 478 g/mol. The van der Waals surface area contributed by atoms with E-state index in [2.05, 4.69) is 43.9 Å². The Kier molecular flexibility index (Phi) is 6.58. The number of hydroxylamine groups is 2. The molecule has 0 aromatic heterocycles. The van der Waals surface area contributed by atoms with Gasteiger partial charge in [-0.05, 0) is 37.0 Å². The van der Waals surface area contributed by atoms with Crippen LogP contribution in [-0.2, 0) is 21.0 Å². The smallest absolute Gasteiger partial charge is 0.371 e. The molecule has 0 aliphatic carbocycles. The van der Waals surface area contributed by atoms with Crippen LogP contribution in [0.1, 0.15) is 37.7 Å². The molecule has 3 aliphatic rings. The zero-order valence-corrected chi connectivity index (χ0v) is 18.6. The summed E-state index contributed by atoms with van der Waals surface area (Å²) < 4.78 is 1.09. The van der Waals surface area contributed by atoms with Gasteiger partial charge < -0.3 is 14.6 Å². The molecule has 162 valence electrons. The van der Waals surface area contributed by atoms with Gasteiger partial charge in [0.05, 0.1) is 0 Å². The highest BCUT2D eigenvalue weighted by Crippen LogP contribution is 2.29. The Balaban J connectivity index is 1.33. The molecule has 3 fully saturated rings. The number of carbonyl (C=O) groups is 3. The fraction of sp³-hybridized carbons (Fsp3) is 0.571. The summed E-state index contributed by atoms with van der Waals surface area (Å²) in [5, 5.41) is 0.613. The van der Waals surface area contributed by atoms with Gasteiger partial charge in [0.25, 0.3) is 11.8 Å². The summed E-state index contributed by atoms with van der Waals surface area (Å²) in [6, 6.07) is 6.47. The van der Waals surface area contributed by atoms with Crippen LogP contribution < -0.4 is 4.90 Å². The van der Waals surface area contributed by atoms with Gasteiger partial charge >= 0.3 is 6.09 Å². The number of piperazine rings is 1. The molecule has 1 aromatic rings. The van der Waals surface area contributed by atoms with Gasteiger partial charge in [0, 0.05) is 68.8 Å². The average Bonchev–Trinajstić information content (AvgIpc) is 3.08. The molecule has 0 spiro atoms. The van der Waals surface area contributed by atoms with Crippen LogP contribution in [0.5, 0.6) is 0 Å². The highest BCUT2D eigenvalue weighted by molar-refractivity contribution is 9.10. The van der Waals surface area contributed by atoms with Crippen LogP contribution in [-0.4, -0.2) is 72.0 Å². The van der Waals surface area contributed by atoms with Crippen molar-refractivity contribution in [2.24, 2.45) is 0 Å². The first-order valence-electron chi connectivity index (χ1n) is 10.6. The summed E-state index contributed by atoms with van der Waals surface area (Å²) in [5.74, 6) is -0.903. The number of imide groups is 1. The van der Waals surface area contributed by atoms with E-state index in [0.717, 1.165) is 24.1 Å². The van der Waals surface area contributed by atoms with Crippen molar-refractivity contribution in [3.8, 4) is 0 Å². The highest BCUT2D eigenvalue weighted by Gasteiger charge is 2.35. The Morgan fingerprint density at radius 3 is 2.27 bits per heavy atom. The summed E-state index contributed by atoms with van der Waals surface area (Å²) >= 11 is 3.61. The van der Waals surface area contributed by atoms with Gasteiger partial charge in [-0.2, -0.15) is 0 Å². The minimum Gasteiger partial charge on any atom is -0.371 e. The number of halogens is 1. The van der Waals surface area contributed by atoms with Gasteiger partial charge in [-0.25, -0.2) is 4.79 Å². The molecular weight excluding hydrogens is 452 g/mol. The van der Waals surface area contributed by atoms with E-state index in [4.69, 9.17) is 4.84 Å². The first-order chi connectivity index (χ1) is 14.5. The second-order valence-electron chi connectivity index (χ2n) is 8.02. The molecule has 3 heterocycles. The van der Waals surface area contributed by atoms with E-state index in [1.165, 1.54) is 30.5 Å². The van der Waals surface area contributed by atoms with Crippen LogP contribution in [0.2, 0.25) is 0 Å². The molecule has 0 radical (unpaired) electrons. The normalized spacial score (nSPS) is 20.8. The number of anilines is 1. The van der Waals surface area contributed by atoms with Gasteiger partial charge in [0.2, 0.25) is 0 Å². The summed E-state index contributed by atoms with van der Waals surface area (Å²) in [4.78, 5) is 47.0. The number of carbonyl (C=O) groups excluding carboxylic acids is 3. The van der Waals surface area contributed by atoms with Crippen molar-refractivity contribution in [3.05, 3.63) is 28.2 Å². The summed E-state index contributed by atoms with van der Waals surface area (Å²) in [6.07, 6.45) is 3.34. The Hall–Kier alpha value is -2.13. The van der Waals surface area contributed by atoms with E-state index < -0.39 is 17.9 Å². The van der Waals surface area contributed by atoms with Crippen LogP contribution in [0, 0.1) is 0 Å². The first-order valence-corrected chi connectivity index (χ1v) is 11.4. The molecule has 0 unspecified atom stereocenters. The third-order valence-corrected chi connectivity index (χ3v) is 6.44. The van der Waals surface area contributed by atoms with Crippen LogP contribution in [0.4, 0.5) is 10.5 Å². The Morgan fingerprint density at radius 1 is 0.933 bits per heavy atom. The van der Waals surface area contributed by atoms with Gasteiger partial charge in [0.1, 0.15) is 0 Å². The highest BCUT2D eigenvalue weighted by atomic mass is 79.9. The number of hydrogen-bond acceptors (Lipinski definition) is 6. The first kappa shape index (κ1) is 21.1. The Morgan fingerprint density at radius 2 is 1.60 bits per heavy atom. The van der Waals surface area contributed by atoms with Gasteiger partial charge in [-0.3, -0.25) is 14.5 Å². The Labute approximate surface area is 184 Å². The van der Waals surface area contributed by atoms with Crippen molar-refractivity contribution in [3.63, 3.8) is 0 Å². The molecule has 0 bridgehead atoms. The van der Waals surface area contributed by atoms with Crippen LogP contribution in [0.15, 0.2) is 22.7 Å². The maximum atomic E-state index is 12.3. The van der Waals surface area contributed by atoms with Crippen molar-refractivity contribution >= 4 is 39.5 Å². The number of nitrogens with zero attached hydrogens (tertiary/aromatic N) is 4. The van der Waals surface area contributed by atoms with Crippen molar-refractivity contribution < 1.29 is 19.2 Å². The maximum absolute atomic E-state index is 12.3. The maximum Gasteiger partial charge on any atom is 0.434 e. The molecule has 3 aliphatic heterocycles. The second kappa shape index (κ2) is 9.34.